The summed E-state index contributed by atoms with van der Waals surface area (Å²) < 4.78 is 25.9. The lowest BCUT2D eigenvalue weighted by Crippen LogP contribution is -2.20. The first kappa shape index (κ1) is 15.4. The third kappa shape index (κ3) is 5.82. The van der Waals surface area contributed by atoms with Gasteiger partial charge in [-0.05, 0) is 24.1 Å². The Morgan fingerprint density at radius 1 is 1.44 bits per heavy atom. The summed E-state index contributed by atoms with van der Waals surface area (Å²) in [5.74, 6) is 1.20. The van der Waals surface area contributed by atoms with Gasteiger partial charge in [0.1, 0.15) is 0 Å². The SMILES string of the molecule is CS(=O)(=O)O.ClC[C@@H]1CNCCc2ccccc21. The van der Waals surface area contributed by atoms with Gasteiger partial charge < -0.3 is 5.32 Å². The Kier molecular flexibility index (Phi) is 6.08. The minimum atomic E-state index is -3.67. The molecule has 1 heterocycles. The Bertz CT molecular complexity index is 468. The zero-order valence-electron chi connectivity index (χ0n) is 10.3. The first-order chi connectivity index (χ1) is 8.42. The Balaban J connectivity index is 0.000000280. The normalized spacial score (nSPS) is 19.2. The molecule has 2 N–H and O–H groups in total. The lowest BCUT2D eigenvalue weighted by atomic mass is 9.95. The highest BCUT2D eigenvalue weighted by Crippen LogP contribution is 2.23. The predicted molar refractivity (Wildman–Crippen MR) is 73.9 cm³/mol. The average Bonchev–Trinajstić information content (AvgIpc) is 2.48. The van der Waals surface area contributed by atoms with E-state index in [-0.39, 0.29) is 0 Å². The number of rotatable bonds is 1. The molecule has 0 radical (unpaired) electrons. The predicted octanol–water partition coefficient (Wildman–Crippen LogP) is 1.66. The fraction of sp³-hybridized carbons (Fsp3) is 0.500. The van der Waals surface area contributed by atoms with Gasteiger partial charge in [0.25, 0.3) is 10.1 Å². The molecule has 0 spiro atoms. The molecule has 1 aromatic rings. The lowest BCUT2D eigenvalue weighted by Gasteiger charge is -2.13. The van der Waals surface area contributed by atoms with Gasteiger partial charge in [-0.1, -0.05) is 24.3 Å². The molecule has 0 saturated heterocycles. The van der Waals surface area contributed by atoms with E-state index in [1.165, 1.54) is 11.1 Å². The molecular formula is C12H18ClNO3S. The first-order valence-electron chi connectivity index (χ1n) is 5.68. The van der Waals surface area contributed by atoms with Crippen LogP contribution in [0.25, 0.3) is 0 Å². The van der Waals surface area contributed by atoms with Gasteiger partial charge >= 0.3 is 0 Å². The Hall–Kier alpha value is -0.620. The maximum atomic E-state index is 9.19. The molecule has 18 heavy (non-hydrogen) atoms. The van der Waals surface area contributed by atoms with Crippen LogP contribution in [0.5, 0.6) is 0 Å². The summed E-state index contributed by atoms with van der Waals surface area (Å²) in [6, 6.07) is 8.62. The van der Waals surface area contributed by atoms with Crippen LogP contribution in [-0.2, 0) is 16.5 Å². The number of benzene rings is 1. The van der Waals surface area contributed by atoms with Crippen LogP contribution in [0.4, 0.5) is 0 Å². The van der Waals surface area contributed by atoms with Crippen molar-refractivity contribution in [3.05, 3.63) is 35.4 Å². The van der Waals surface area contributed by atoms with Crippen molar-refractivity contribution in [3.63, 3.8) is 0 Å². The fourth-order valence-electron chi connectivity index (χ4n) is 1.91. The van der Waals surface area contributed by atoms with Gasteiger partial charge in [0, 0.05) is 18.3 Å². The number of halogens is 1. The summed E-state index contributed by atoms with van der Waals surface area (Å²) in [4.78, 5) is 0. The van der Waals surface area contributed by atoms with Crippen LogP contribution < -0.4 is 5.32 Å². The quantitative estimate of drug-likeness (QED) is 0.610. The standard InChI is InChI=1S/C11H14ClN.CH4O3S/c12-7-10-8-13-6-5-9-3-1-2-4-11(9)10;1-5(2,3)4/h1-4,10,13H,5-8H2;1H3,(H,2,3,4)/t10-;/m1./s1. The van der Waals surface area contributed by atoms with E-state index in [1.807, 2.05) is 0 Å². The number of alkyl halides is 1. The van der Waals surface area contributed by atoms with E-state index < -0.39 is 10.1 Å². The third-order valence-electron chi connectivity index (χ3n) is 2.64. The van der Waals surface area contributed by atoms with Crippen LogP contribution in [0.1, 0.15) is 17.0 Å². The van der Waals surface area contributed by atoms with E-state index in [0.29, 0.717) is 18.1 Å². The molecule has 0 amide bonds. The van der Waals surface area contributed by atoms with Crippen molar-refractivity contribution < 1.29 is 13.0 Å². The zero-order chi connectivity index (χ0) is 13.6. The van der Waals surface area contributed by atoms with Crippen LogP contribution in [-0.4, -0.2) is 38.2 Å². The molecule has 0 saturated carbocycles. The molecular weight excluding hydrogens is 274 g/mol. The van der Waals surface area contributed by atoms with Crippen molar-refractivity contribution in [1.82, 2.24) is 5.32 Å². The van der Waals surface area contributed by atoms with E-state index >= 15 is 0 Å². The second kappa shape index (κ2) is 7.09. The molecule has 4 nitrogen and oxygen atoms in total. The molecule has 6 heteroatoms. The van der Waals surface area contributed by atoms with E-state index in [4.69, 9.17) is 16.2 Å². The summed E-state index contributed by atoms with van der Waals surface area (Å²) in [6.07, 6.45) is 1.84. The number of nitrogens with one attached hydrogen (secondary N) is 1. The summed E-state index contributed by atoms with van der Waals surface area (Å²) in [5.41, 5.74) is 2.89. The van der Waals surface area contributed by atoms with Gasteiger partial charge in [0.15, 0.2) is 0 Å². The van der Waals surface area contributed by atoms with E-state index in [1.54, 1.807) is 0 Å². The molecule has 0 fully saturated rings. The highest BCUT2D eigenvalue weighted by atomic mass is 35.5. The topological polar surface area (TPSA) is 66.4 Å². The Labute approximate surface area is 113 Å². The van der Waals surface area contributed by atoms with E-state index in [2.05, 4.69) is 29.6 Å². The molecule has 0 bridgehead atoms. The van der Waals surface area contributed by atoms with Crippen molar-refractivity contribution in [1.29, 1.82) is 0 Å². The van der Waals surface area contributed by atoms with Crippen LogP contribution in [0.3, 0.4) is 0 Å². The molecule has 0 aromatic heterocycles. The zero-order valence-corrected chi connectivity index (χ0v) is 11.8. The molecule has 1 aliphatic rings. The van der Waals surface area contributed by atoms with Gasteiger partial charge in [0.2, 0.25) is 0 Å². The Morgan fingerprint density at radius 2 is 2.06 bits per heavy atom. The van der Waals surface area contributed by atoms with Crippen LogP contribution in [0.2, 0.25) is 0 Å². The maximum absolute atomic E-state index is 9.19. The van der Waals surface area contributed by atoms with Gasteiger partial charge in [-0.15, -0.1) is 11.6 Å². The second-order valence-corrected chi connectivity index (χ2v) is 6.01. The largest absolute Gasteiger partial charge is 0.316 e. The summed E-state index contributed by atoms with van der Waals surface area (Å²) in [6.45, 7) is 2.09. The minimum absolute atomic E-state index is 0.486. The highest BCUT2D eigenvalue weighted by molar-refractivity contribution is 7.85. The summed E-state index contributed by atoms with van der Waals surface area (Å²) >= 11 is 5.94. The highest BCUT2D eigenvalue weighted by Gasteiger charge is 2.16. The van der Waals surface area contributed by atoms with E-state index in [0.717, 1.165) is 19.5 Å². The molecule has 0 aliphatic carbocycles. The first-order valence-corrected chi connectivity index (χ1v) is 8.07. The second-order valence-electron chi connectivity index (χ2n) is 4.24. The lowest BCUT2D eigenvalue weighted by molar-refractivity contribution is 0.490. The van der Waals surface area contributed by atoms with Crippen molar-refractivity contribution in [2.24, 2.45) is 0 Å². The number of fused-ring (bicyclic) bond motifs is 1. The Morgan fingerprint density at radius 3 is 2.67 bits per heavy atom. The van der Waals surface area contributed by atoms with Crippen molar-refractivity contribution in [2.75, 3.05) is 25.2 Å². The van der Waals surface area contributed by atoms with E-state index in [9.17, 15) is 8.42 Å². The monoisotopic (exact) mass is 291 g/mol. The number of hydrogen-bond acceptors (Lipinski definition) is 3. The minimum Gasteiger partial charge on any atom is -0.316 e. The molecule has 1 aromatic carbocycles. The van der Waals surface area contributed by atoms with Gasteiger partial charge in [0.05, 0.1) is 6.26 Å². The molecule has 0 unspecified atom stereocenters. The third-order valence-corrected chi connectivity index (χ3v) is 3.02. The average molecular weight is 292 g/mol. The molecule has 102 valence electrons. The van der Waals surface area contributed by atoms with Gasteiger partial charge in [-0.2, -0.15) is 8.42 Å². The van der Waals surface area contributed by atoms with Crippen LogP contribution >= 0.6 is 11.6 Å². The van der Waals surface area contributed by atoms with Crippen molar-refractivity contribution in [3.8, 4) is 0 Å². The van der Waals surface area contributed by atoms with Crippen molar-refractivity contribution >= 4 is 21.7 Å². The fourth-order valence-corrected chi connectivity index (χ4v) is 2.18. The summed E-state index contributed by atoms with van der Waals surface area (Å²) in [5, 5.41) is 3.41. The van der Waals surface area contributed by atoms with Gasteiger partial charge in [-0.25, -0.2) is 0 Å². The molecule has 1 aliphatic heterocycles. The van der Waals surface area contributed by atoms with Crippen molar-refractivity contribution in [2.45, 2.75) is 12.3 Å². The smallest absolute Gasteiger partial charge is 0.261 e. The summed E-state index contributed by atoms with van der Waals surface area (Å²) in [7, 11) is -3.67. The maximum Gasteiger partial charge on any atom is 0.261 e. The van der Waals surface area contributed by atoms with Gasteiger partial charge in [-0.3, -0.25) is 4.55 Å². The molecule has 2 rings (SSSR count). The van der Waals surface area contributed by atoms with Crippen LogP contribution in [0, 0.1) is 0 Å². The number of hydrogen-bond donors (Lipinski definition) is 2. The van der Waals surface area contributed by atoms with Crippen LogP contribution in [0.15, 0.2) is 24.3 Å². The molecule has 1 atom stereocenters.